The van der Waals surface area contributed by atoms with E-state index < -0.39 is 5.97 Å². The SMILES string of the molecule is CCCn1nnnc1COC(=O)/C=C/c1ccc(Cl)c(Cl)c1. The lowest BCUT2D eigenvalue weighted by atomic mass is 10.2. The first kappa shape index (κ1) is 16.5. The predicted molar refractivity (Wildman–Crippen MR) is 83.4 cm³/mol. The summed E-state index contributed by atoms with van der Waals surface area (Å²) in [6.45, 7) is 2.72. The van der Waals surface area contributed by atoms with Crippen molar-refractivity contribution < 1.29 is 9.53 Å². The van der Waals surface area contributed by atoms with Crippen LogP contribution in [-0.2, 0) is 22.7 Å². The zero-order valence-electron chi connectivity index (χ0n) is 11.9. The van der Waals surface area contributed by atoms with Gasteiger partial charge < -0.3 is 4.74 Å². The molecule has 0 aliphatic rings. The number of ether oxygens (including phenoxy) is 1. The Labute approximate surface area is 137 Å². The number of rotatable bonds is 6. The van der Waals surface area contributed by atoms with E-state index in [-0.39, 0.29) is 6.61 Å². The summed E-state index contributed by atoms with van der Waals surface area (Å²) in [5, 5.41) is 12.1. The van der Waals surface area contributed by atoms with E-state index in [0.29, 0.717) is 22.4 Å². The van der Waals surface area contributed by atoms with E-state index in [0.717, 1.165) is 12.0 Å². The first-order valence-electron chi connectivity index (χ1n) is 6.65. The van der Waals surface area contributed by atoms with Gasteiger partial charge in [0.15, 0.2) is 12.4 Å². The van der Waals surface area contributed by atoms with Gasteiger partial charge >= 0.3 is 5.97 Å². The zero-order chi connectivity index (χ0) is 15.9. The molecule has 0 bridgehead atoms. The molecular formula is C14H14Cl2N4O2. The van der Waals surface area contributed by atoms with Crippen molar-refractivity contribution in [1.29, 1.82) is 0 Å². The number of carbonyl (C=O) groups excluding carboxylic acids is 1. The summed E-state index contributed by atoms with van der Waals surface area (Å²) >= 11 is 11.7. The number of hydrogen-bond acceptors (Lipinski definition) is 5. The van der Waals surface area contributed by atoms with Crippen molar-refractivity contribution in [2.24, 2.45) is 0 Å². The summed E-state index contributed by atoms with van der Waals surface area (Å²) in [5.74, 6) is 0.0234. The summed E-state index contributed by atoms with van der Waals surface area (Å²) in [6.07, 6.45) is 3.80. The van der Waals surface area contributed by atoms with Gasteiger partial charge in [0.1, 0.15) is 0 Å². The van der Waals surface area contributed by atoms with Crippen LogP contribution in [0.15, 0.2) is 24.3 Å². The minimum Gasteiger partial charge on any atom is -0.454 e. The zero-order valence-corrected chi connectivity index (χ0v) is 13.4. The molecule has 116 valence electrons. The molecule has 0 saturated heterocycles. The first-order valence-corrected chi connectivity index (χ1v) is 7.40. The van der Waals surface area contributed by atoms with Crippen molar-refractivity contribution >= 4 is 35.2 Å². The van der Waals surface area contributed by atoms with E-state index in [1.807, 2.05) is 6.92 Å². The summed E-state index contributed by atoms with van der Waals surface area (Å²) in [6, 6.07) is 5.07. The van der Waals surface area contributed by atoms with E-state index in [4.69, 9.17) is 27.9 Å². The van der Waals surface area contributed by atoms with Crippen molar-refractivity contribution in [3.63, 3.8) is 0 Å². The third kappa shape index (κ3) is 4.54. The van der Waals surface area contributed by atoms with E-state index >= 15 is 0 Å². The maximum atomic E-state index is 11.7. The molecule has 2 rings (SSSR count). The molecule has 8 heteroatoms. The van der Waals surface area contributed by atoms with E-state index in [9.17, 15) is 4.79 Å². The fourth-order valence-corrected chi connectivity index (χ4v) is 1.98. The smallest absolute Gasteiger partial charge is 0.331 e. The molecule has 0 amide bonds. The second kappa shape index (κ2) is 7.91. The van der Waals surface area contributed by atoms with Crippen LogP contribution >= 0.6 is 23.2 Å². The largest absolute Gasteiger partial charge is 0.454 e. The Kier molecular flexibility index (Phi) is 5.91. The molecule has 22 heavy (non-hydrogen) atoms. The molecule has 0 fully saturated rings. The second-order valence-corrected chi connectivity index (χ2v) is 5.25. The molecule has 0 radical (unpaired) electrons. The maximum absolute atomic E-state index is 11.7. The fraction of sp³-hybridized carbons (Fsp3) is 0.286. The summed E-state index contributed by atoms with van der Waals surface area (Å²) in [7, 11) is 0. The number of esters is 1. The molecule has 0 saturated carbocycles. The van der Waals surface area contributed by atoms with E-state index in [2.05, 4.69) is 15.5 Å². The molecule has 0 aliphatic carbocycles. The van der Waals surface area contributed by atoms with E-state index in [1.54, 1.807) is 29.0 Å². The van der Waals surface area contributed by atoms with Crippen LogP contribution in [-0.4, -0.2) is 26.2 Å². The first-order chi connectivity index (χ1) is 10.6. The topological polar surface area (TPSA) is 69.9 Å². The third-order valence-corrected chi connectivity index (χ3v) is 3.48. The minimum atomic E-state index is -0.489. The molecule has 2 aromatic rings. The van der Waals surface area contributed by atoms with Crippen molar-refractivity contribution in [1.82, 2.24) is 20.2 Å². The van der Waals surface area contributed by atoms with Gasteiger partial charge in [-0.1, -0.05) is 36.2 Å². The highest BCUT2D eigenvalue weighted by Crippen LogP contribution is 2.23. The van der Waals surface area contributed by atoms with Crippen LogP contribution in [0.5, 0.6) is 0 Å². The van der Waals surface area contributed by atoms with Gasteiger partial charge in [0.2, 0.25) is 0 Å². The van der Waals surface area contributed by atoms with Crippen LogP contribution in [0.3, 0.4) is 0 Å². The fourth-order valence-electron chi connectivity index (χ4n) is 1.68. The highest BCUT2D eigenvalue weighted by molar-refractivity contribution is 6.42. The van der Waals surface area contributed by atoms with Crippen molar-refractivity contribution in [3.05, 3.63) is 45.7 Å². The van der Waals surface area contributed by atoms with Crippen LogP contribution in [0.4, 0.5) is 0 Å². The van der Waals surface area contributed by atoms with Crippen LogP contribution < -0.4 is 0 Å². The van der Waals surface area contributed by atoms with Gasteiger partial charge in [-0.05, 0) is 40.6 Å². The quantitative estimate of drug-likeness (QED) is 0.596. The Balaban J connectivity index is 1.91. The number of nitrogens with zero attached hydrogens (tertiary/aromatic N) is 4. The monoisotopic (exact) mass is 340 g/mol. The highest BCUT2D eigenvalue weighted by atomic mass is 35.5. The highest BCUT2D eigenvalue weighted by Gasteiger charge is 2.07. The minimum absolute atomic E-state index is 0.0253. The lowest BCUT2D eigenvalue weighted by molar-refractivity contribution is -0.139. The van der Waals surface area contributed by atoms with Gasteiger partial charge in [0.05, 0.1) is 10.0 Å². The van der Waals surface area contributed by atoms with Gasteiger partial charge in [0, 0.05) is 12.6 Å². The van der Waals surface area contributed by atoms with Gasteiger partial charge in [0.25, 0.3) is 0 Å². The predicted octanol–water partition coefficient (Wildman–Crippen LogP) is 3.15. The van der Waals surface area contributed by atoms with Crippen molar-refractivity contribution in [3.8, 4) is 0 Å². The molecule has 0 atom stereocenters. The van der Waals surface area contributed by atoms with Gasteiger partial charge in [-0.25, -0.2) is 9.48 Å². The summed E-state index contributed by atoms with van der Waals surface area (Å²) < 4.78 is 6.71. The average Bonchev–Trinajstić information content (AvgIpc) is 2.94. The number of benzene rings is 1. The molecule has 1 aromatic heterocycles. The van der Waals surface area contributed by atoms with Crippen LogP contribution in [0.2, 0.25) is 10.0 Å². The van der Waals surface area contributed by atoms with Gasteiger partial charge in [-0.3, -0.25) is 0 Å². The molecule has 6 nitrogen and oxygen atoms in total. The van der Waals surface area contributed by atoms with Crippen LogP contribution in [0.25, 0.3) is 6.08 Å². The second-order valence-electron chi connectivity index (χ2n) is 4.43. The summed E-state index contributed by atoms with van der Waals surface area (Å²) in [5.41, 5.74) is 0.752. The molecule has 1 aromatic carbocycles. The normalized spacial score (nSPS) is 11.0. The molecular weight excluding hydrogens is 327 g/mol. The van der Waals surface area contributed by atoms with E-state index in [1.165, 1.54) is 6.08 Å². The number of tetrazole rings is 1. The number of aryl methyl sites for hydroxylation is 1. The lowest BCUT2D eigenvalue weighted by Gasteiger charge is -2.03. The molecule has 0 N–H and O–H groups in total. The Morgan fingerprint density at radius 1 is 1.36 bits per heavy atom. The Bertz CT molecular complexity index is 685. The number of halogens is 2. The number of hydrogen-bond donors (Lipinski definition) is 0. The molecule has 0 unspecified atom stereocenters. The van der Waals surface area contributed by atoms with Crippen molar-refractivity contribution in [2.45, 2.75) is 26.5 Å². The van der Waals surface area contributed by atoms with Crippen LogP contribution in [0.1, 0.15) is 24.7 Å². The Morgan fingerprint density at radius 3 is 2.91 bits per heavy atom. The average molecular weight is 341 g/mol. The Morgan fingerprint density at radius 2 is 2.18 bits per heavy atom. The molecule has 1 heterocycles. The Hall–Kier alpha value is -1.92. The summed E-state index contributed by atoms with van der Waals surface area (Å²) in [4.78, 5) is 11.7. The van der Waals surface area contributed by atoms with Crippen LogP contribution in [0, 0.1) is 0 Å². The molecule has 0 aliphatic heterocycles. The third-order valence-electron chi connectivity index (χ3n) is 2.74. The lowest BCUT2D eigenvalue weighted by Crippen LogP contribution is -2.09. The number of aromatic nitrogens is 4. The van der Waals surface area contributed by atoms with Gasteiger partial charge in [-0.2, -0.15) is 0 Å². The number of carbonyl (C=O) groups is 1. The standard InChI is InChI=1S/C14H14Cl2N4O2/c1-2-7-20-13(17-18-19-20)9-22-14(21)6-4-10-3-5-11(15)12(16)8-10/h3-6,8H,2,7,9H2,1H3/b6-4+. The maximum Gasteiger partial charge on any atom is 0.331 e. The molecule has 0 spiro atoms. The van der Waals surface area contributed by atoms with Gasteiger partial charge in [-0.15, -0.1) is 5.10 Å². The van der Waals surface area contributed by atoms with Crippen molar-refractivity contribution in [2.75, 3.05) is 0 Å².